The summed E-state index contributed by atoms with van der Waals surface area (Å²) >= 11 is 0. The number of aromatic amines is 1. The summed E-state index contributed by atoms with van der Waals surface area (Å²) in [6, 6.07) is 5.84. The highest BCUT2D eigenvalue weighted by atomic mass is 16.5. The third-order valence-corrected chi connectivity index (χ3v) is 4.94. The van der Waals surface area contributed by atoms with Crippen molar-refractivity contribution in [1.82, 2.24) is 10.4 Å². The molecule has 1 aromatic heterocycles. The zero-order chi connectivity index (χ0) is 23.4. The number of nitrogens with zero attached hydrogens (tertiary/aromatic N) is 1. The van der Waals surface area contributed by atoms with Gasteiger partial charge in [0.25, 0.3) is 0 Å². The second-order valence-electron chi connectivity index (χ2n) is 7.16. The van der Waals surface area contributed by atoms with Crippen LogP contribution >= 0.6 is 0 Å². The fraction of sp³-hybridized carbons (Fsp3) is 0.318. The number of aromatic nitrogens is 1. The lowest BCUT2D eigenvalue weighted by Crippen LogP contribution is -2.50. The van der Waals surface area contributed by atoms with Crippen LogP contribution in [0.5, 0.6) is 0 Å². The van der Waals surface area contributed by atoms with Gasteiger partial charge in [0.1, 0.15) is 0 Å². The molecule has 2 aromatic rings. The molecule has 0 radical (unpaired) electrons. The van der Waals surface area contributed by atoms with E-state index in [0.717, 1.165) is 5.01 Å². The summed E-state index contributed by atoms with van der Waals surface area (Å²) in [7, 11) is 0. The first-order valence-corrected chi connectivity index (χ1v) is 10.0. The number of nitrogens with one attached hydrogen (secondary N) is 2. The van der Waals surface area contributed by atoms with Crippen LogP contribution in [-0.2, 0) is 19.1 Å². The van der Waals surface area contributed by atoms with Gasteiger partial charge in [0.15, 0.2) is 6.61 Å². The smallest absolute Gasteiger partial charge is 0.340 e. The molecule has 2 N–H and O–H groups in total. The number of hydrogen-bond acceptors (Lipinski definition) is 7. The molecule has 1 saturated heterocycles. The van der Waals surface area contributed by atoms with Crippen LogP contribution < -0.4 is 10.4 Å². The summed E-state index contributed by atoms with van der Waals surface area (Å²) in [5, 5.41) is 1.13. The molecule has 0 saturated carbocycles. The Hall–Kier alpha value is -3.95. The molecule has 3 rings (SSSR count). The molecule has 1 fully saturated rings. The van der Waals surface area contributed by atoms with Crippen molar-refractivity contribution in [2.45, 2.75) is 33.6 Å². The maximum Gasteiger partial charge on any atom is 0.340 e. The number of benzene rings is 1. The van der Waals surface area contributed by atoms with Gasteiger partial charge in [-0.1, -0.05) is 0 Å². The lowest BCUT2D eigenvalue weighted by Gasteiger charge is -2.27. The normalized spacial score (nSPS) is 13.5. The molecule has 1 aromatic carbocycles. The predicted octanol–water partition coefficient (Wildman–Crippen LogP) is 2.01. The molecule has 0 bridgehead atoms. The molecule has 32 heavy (non-hydrogen) atoms. The van der Waals surface area contributed by atoms with E-state index in [0.29, 0.717) is 16.9 Å². The van der Waals surface area contributed by atoms with Crippen LogP contribution in [0.2, 0.25) is 0 Å². The third-order valence-electron chi connectivity index (χ3n) is 4.94. The molecule has 2 amide bonds. The summed E-state index contributed by atoms with van der Waals surface area (Å²) in [4.78, 5) is 63.2. The van der Waals surface area contributed by atoms with E-state index in [1.165, 1.54) is 24.3 Å². The summed E-state index contributed by atoms with van der Waals surface area (Å²) in [5.41, 5.74) is 4.42. The minimum atomic E-state index is -0.731. The molecule has 0 unspecified atom stereocenters. The topological polar surface area (TPSA) is 135 Å². The Morgan fingerprint density at radius 3 is 2.34 bits per heavy atom. The summed E-state index contributed by atoms with van der Waals surface area (Å²) < 4.78 is 10.1. The van der Waals surface area contributed by atoms with E-state index in [4.69, 9.17) is 9.47 Å². The fourth-order valence-corrected chi connectivity index (χ4v) is 3.36. The number of amides is 2. The van der Waals surface area contributed by atoms with Crippen LogP contribution in [0, 0.1) is 13.8 Å². The molecule has 0 atom stereocenters. The van der Waals surface area contributed by atoms with Gasteiger partial charge >= 0.3 is 11.9 Å². The van der Waals surface area contributed by atoms with Gasteiger partial charge in [-0.2, -0.15) is 0 Å². The van der Waals surface area contributed by atoms with Gasteiger partial charge in [-0.25, -0.2) is 14.6 Å². The molecule has 168 valence electrons. The van der Waals surface area contributed by atoms with Crippen LogP contribution in [-0.4, -0.2) is 47.7 Å². The number of carbonyl (C=O) groups is 5. The predicted molar refractivity (Wildman–Crippen MR) is 112 cm³/mol. The van der Waals surface area contributed by atoms with E-state index in [-0.39, 0.29) is 48.1 Å². The van der Waals surface area contributed by atoms with Crippen molar-refractivity contribution in [3.63, 3.8) is 0 Å². The van der Waals surface area contributed by atoms with Crippen molar-refractivity contribution in [2.24, 2.45) is 0 Å². The monoisotopic (exact) mass is 441 g/mol. The van der Waals surface area contributed by atoms with E-state index in [2.05, 4.69) is 10.4 Å². The second-order valence-corrected chi connectivity index (χ2v) is 7.16. The SMILES string of the molecule is CCOC(=O)c1c(C)[nH]c(C(=O)COC(=O)c2ccc(N3NC(=O)CCC3=O)cc2)c1C. The van der Waals surface area contributed by atoms with Gasteiger partial charge < -0.3 is 14.5 Å². The Kier molecular flexibility index (Phi) is 6.72. The van der Waals surface area contributed by atoms with Crippen LogP contribution in [0.1, 0.15) is 62.2 Å². The number of ether oxygens (including phenoxy) is 2. The Balaban J connectivity index is 1.64. The van der Waals surface area contributed by atoms with E-state index in [1.54, 1.807) is 20.8 Å². The first kappa shape index (κ1) is 22.7. The van der Waals surface area contributed by atoms with Gasteiger partial charge in [0.05, 0.1) is 29.1 Å². The number of ketones is 1. The molecule has 1 aliphatic rings. The average Bonchev–Trinajstić information content (AvgIpc) is 3.07. The Bertz CT molecular complexity index is 1090. The zero-order valence-electron chi connectivity index (χ0n) is 17.9. The van der Waals surface area contributed by atoms with Crippen molar-refractivity contribution >= 4 is 35.2 Å². The van der Waals surface area contributed by atoms with Crippen molar-refractivity contribution in [3.05, 3.63) is 52.3 Å². The molecule has 10 nitrogen and oxygen atoms in total. The number of hydrazine groups is 1. The summed E-state index contributed by atoms with van der Waals surface area (Å²) in [6.07, 6.45) is 0.238. The third kappa shape index (κ3) is 4.69. The van der Waals surface area contributed by atoms with Gasteiger partial charge in [0.2, 0.25) is 17.6 Å². The highest BCUT2D eigenvalue weighted by molar-refractivity contribution is 6.03. The molecule has 0 spiro atoms. The number of anilines is 1. The van der Waals surface area contributed by atoms with Crippen LogP contribution in [0.15, 0.2) is 24.3 Å². The van der Waals surface area contributed by atoms with Crippen LogP contribution in [0.25, 0.3) is 0 Å². The number of H-pyrrole nitrogens is 1. The maximum atomic E-state index is 12.5. The van der Waals surface area contributed by atoms with Crippen LogP contribution in [0.4, 0.5) is 5.69 Å². The number of hydrogen-bond donors (Lipinski definition) is 2. The Labute approximate surface area is 183 Å². The van der Waals surface area contributed by atoms with Crippen molar-refractivity contribution in [2.75, 3.05) is 18.2 Å². The minimum absolute atomic E-state index is 0.104. The van der Waals surface area contributed by atoms with Gasteiger partial charge in [-0.05, 0) is 50.6 Å². The van der Waals surface area contributed by atoms with Gasteiger partial charge in [0, 0.05) is 18.5 Å². The maximum absolute atomic E-state index is 12.5. The average molecular weight is 441 g/mol. The van der Waals surface area contributed by atoms with E-state index in [9.17, 15) is 24.0 Å². The lowest BCUT2D eigenvalue weighted by molar-refractivity contribution is -0.130. The number of rotatable bonds is 7. The largest absolute Gasteiger partial charge is 0.462 e. The minimum Gasteiger partial charge on any atom is -0.462 e. The number of Topliss-reactive ketones (excluding diaryl/α,β-unsaturated/α-hetero) is 1. The zero-order valence-corrected chi connectivity index (χ0v) is 17.9. The molecular formula is C22H23N3O7. The quantitative estimate of drug-likeness (QED) is 0.496. The van der Waals surface area contributed by atoms with E-state index >= 15 is 0 Å². The van der Waals surface area contributed by atoms with Crippen molar-refractivity contribution in [3.8, 4) is 0 Å². The number of carbonyl (C=O) groups excluding carboxylic acids is 5. The molecule has 0 aliphatic carbocycles. The molecular weight excluding hydrogens is 418 g/mol. The van der Waals surface area contributed by atoms with Crippen molar-refractivity contribution in [1.29, 1.82) is 0 Å². The van der Waals surface area contributed by atoms with Crippen molar-refractivity contribution < 1.29 is 33.4 Å². The van der Waals surface area contributed by atoms with E-state index < -0.39 is 24.3 Å². The van der Waals surface area contributed by atoms with Crippen LogP contribution in [0.3, 0.4) is 0 Å². The molecule has 10 heteroatoms. The fourth-order valence-electron chi connectivity index (χ4n) is 3.36. The van der Waals surface area contributed by atoms with E-state index in [1.807, 2.05) is 0 Å². The lowest BCUT2D eigenvalue weighted by atomic mass is 10.1. The molecule has 1 aliphatic heterocycles. The second kappa shape index (κ2) is 9.46. The first-order valence-electron chi connectivity index (χ1n) is 10.0. The molecule has 2 heterocycles. The standard InChI is InChI=1S/C22H23N3O7/c1-4-31-22(30)19-12(2)20(23-13(19)3)16(26)11-32-21(29)14-5-7-15(8-6-14)25-18(28)10-9-17(27)24-25/h5-8,23H,4,9-11H2,1-3H3,(H,24,27). The highest BCUT2D eigenvalue weighted by Crippen LogP contribution is 2.21. The van der Waals surface area contributed by atoms with Gasteiger partial charge in [-0.15, -0.1) is 0 Å². The first-order chi connectivity index (χ1) is 15.2. The Morgan fingerprint density at radius 1 is 1.00 bits per heavy atom. The summed E-state index contributed by atoms with van der Waals surface area (Å²) in [6.45, 7) is 4.64. The Morgan fingerprint density at radius 2 is 1.69 bits per heavy atom. The van der Waals surface area contributed by atoms with Gasteiger partial charge in [-0.3, -0.25) is 19.8 Å². The number of aryl methyl sites for hydroxylation is 1. The highest BCUT2D eigenvalue weighted by Gasteiger charge is 2.25. The number of esters is 2. The summed E-state index contributed by atoms with van der Waals surface area (Å²) in [5.74, 6) is -2.28.